The number of hydrogen-bond donors (Lipinski definition) is 2. The van der Waals surface area contributed by atoms with Crippen molar-refractivity contribution in [1.82, 2.24) is 10.2 Å². The van der Waals surface area contributed by atoms with Crippen LogP contribution in [0.4, 0.5) is 4.79 Å². The van der Waals surface area contributed by atoms with Crippen molar-refractivity contribution in [3.8, 4) is 11.1 Å². The van der Waals surface area contributed by atoms with Crippen molar-refractivity contribution in [3.63, 3.8) is 0 Å². The van der Waals surface area contributed by atoms with Gasteiger partial charge in [-0.05, 0) is 34.6 Å². The first kappa shape index (κ1) is 23.8. The molecule has 8 heteroatoms. The predicted molar refractivity (Wildman–Crippen MR) is 125 cm³/mol. The van der Waals surface area contributed by atoms with E-state index in [-0.39, 0.29) is 44.0 Å². The molecule has 0 bridgehead atoms. The van der Waals surface area contributed by atoms with Crippen molar-refractivity contribution in [2.45, 2.75) is 38.3 Å². The maximum atomic E-state index is 13.1. The summed E-state index contributed by atoms with van der Waals surface area (Å²) >= 11 is 0. The molecule has 0 aromatic heterocycles. The van der Waals surface area contributed by atoms with Crippen LogP contribution in [0.1, 0.15) is 37.3 Å². The van der Waals surface area contributed by atoms with Crippen molar-refractivity contribution < 1.29 is 29.0 Å². The summed E-state index contributed by atoms with van der Waals surface area (Å²) < 4.78 is 10.8. The lowest BCUT2D eigenvalue weighted by atomic mass is 9.98. The second-order valence-corrected chi connectivity index (χ2v) is 9.13. The Bertz CT molecular complexity index is 1020. The fraction of sp³-hybridized carbons (Fsp3) is 0.423. The van der Waals surface area contributed by atoms with E-state index in [0.717, 1.165) is 22.3 Å². The highest BCUT2D eigenvalue weighted by Gasteiger charge is 2.34. The van der Waals surface area contributed by atoms with Crippen LogP contribution in [0.25, 0.3) is 11.1 Å². The van der Waals surface area contributed by atoms with Crippen LogP contribution in [0.3, 0.4) is 0 Å². The lowest BCUT2D eigenvalue weighted by Gasteiger charge is -2.34. The van der Waals surface area contributed by atoms with Crippen LogP contribution in [0.5, 0.6) is 0 Å². The Kier molecular flexibility index (Phi) is 7.17. The molecule has 1 aliphatic carbocycles. The third kappa shape index (κ3) is 5.07. The molecule has 4 rings (SSSR count). The van der Waals surface area contributed by atoms with Gasteiger partial charge in [0.25, 0.3) is 0 Å². The number of aliphatic carboxylic acids is 1. The number of carboxylic acids is 1. The lowest BCUT2D eigenvalue weighted by Crippen LogP contribution is -2.55. The van der Waals surface area contributed by atoms with Crippen LogP contribution in [0.2, 0.25) is 0 Å². The van der Waals surface area contributed by atoms with Gasteiger partial charge in [0.2, 0.25) is 5.91 Å². The molecule has 0 spiro atoms. The number of alkyl carbamates (subject to hydrolysis) is 1. The van der Waals surface area contributed by atoms with Gasteiger partial charge >= 0.3 is 12.1 Å². The van der Waals surface area contributed by atoms with Crippen molar-refractivity contribution in [3.05, 3.63) is 59.7 Å². The van der Waals surface area contributed by atoms with Crippen LogP contribution >= 0.6 is 0 Å². The number of carbonyl (C=O) groups is 3. The number of rotatable bonds is 7. The van der Waals surface area contributed by atoms with Crippen molar-refractivity contribution in [2.24, 2.45) is 5.92 Å². The van der Waals surface area contributed by atoms with Gasteiger partial charge in [-0.2, -0.15) is 0 Å². The monoisotopic (exact) mass is 466 g/mol. The van der Waals surface area contributed by atoms with E-state index in [2.05, 4.69) is 17.4 Å². The Morgan fingerprint density at radius 2 is 1.71 bits per heavy atom. The van der Waals surface area contributed by atoms with Crippen LogP contribution in [0, 0.1) is 5.92 Å². The average molecular weight is 467 g/mol. The third-order valence-corrected chi connectivity index (χ3v) is 6.29. The van der Waals surface area contributed by atoms with E-state index in [4.69, 9.17) is 9.47 Å². The molecule has 0 radical (unpaired) electrons. The summed E-state index contributed by atoms with van der Waals surface area (Å²) in [6.07, 6.45) is -1.31. The quantitative estimate of drug-likeness (QED) is 0.649. The maximum absolute atomic E-state index is 13.1. The molecule has 2 atom stereocenters. The van der Waals surface area contributed by atoms with Crippen LogP contribution < -0.4 is 5.32 Å². The summed E-state index contributed by atoms with van der Waals surface area (Å²) in [5, 5.41) is 11.9. The normalized spacial score (nSPS) is 18.2. The van der Waals surface area contributed by atoms with Crippen LogP contribution in [0.15, 0.2) is 48.5 Å². The summed E-state index contributed by atoms with van der Waals surface area (Å²) in [7, 11) is 0. The molecule has 2 amide bonds. The summed E-state index contributed by atoms with van der Waals surface area (Å²) in [6.45, 7) is 4.44. The van der Waals surface area contributed by atoms with E-state index in [1.54, 1.807) is 0 Å². The Labute approximate surface area is 198 Å². The Morgan fingerprint density at radius 3 is 2.29 bits per heavy atom. The number of benzene rings is 2. The van der Waals surface area contributed by atoms with Gasteiger partial charge in [0, 0.05) is 12.5 Å². The van der Waals surface area contributed by atoms with E-state index in [1.807, 2.05) is 50.2 Å². The number of hydrogen-bond acceptors (Lipinski definition) is 5. The molecule has 1 aliphatic heterocycles. The van der Waals surface area contributed by atoms with E-state index in [0.29, 0.717) is 6.42 Å². The molecule has 1 unspecified atom stereocenters. The number of carboxylic acid groups (broad SMARTS) is 1. The molecule has 180 valence electrons. The van der Waals surface area contributed by atoms with Crippen LogP contribution in [-0.2, 0) is 19.1 Å². The Morgan fingerprint density at radius 1 is 1.09 bits per heavy atom. The number of ether oxygens (including phenoxy) is 2. The van der Waals surface area contributed by atoms with Crippen LogP contribution in [-0.4, -0.2) is 66.4 Å². The smallest absolute Gasteiger partial charge is 0.407 e. The molecule has 0 saturated carbocycles. The summed E-state index contributed by atoms with van der Waals surface area (Å²) in [5.74, 6) is -1.37. The standard InChI is InChI=1S/C26H30N2O6/c1-16(2)13-22(24(29)28-11-12-33-23(14-28)25(30)31)27-26(32)34-15-21-19-9-5-3-7-17(19)18-8-4-6-10-20(18)21/h3-10,16,21-23H,11-15H2,1-2H3,(H,27,32)(H,30,31)/t22-,23?/m0/s1. The van der Waals surface area contributed by atoms with Gasteiger partial charge in [-0.1, -0.05) is 62.4 Å². The zero-order valence-corrected chi connectivity index (χ0v) is 19.4. The maximum Gasteiger partial charge on any atom is 0.407 e. The van der Waals surface area contributed by atoms with Gasteiger partial charge in [-0.15, -0.1) is 0 Å². The topological polar surface area (TPSA) is 105 Å². The second kappa shape index (κ2) is 10.3. The first-order valence-electron chi connectivity index (χ1n) is 11.6. The Hall–Kier alpha value is -3.39. The van der Waals surface area contributed by atoms with Gasteiger partial charge in [0.05, 0.1) is 13.2 Å². The van der Waals surface area contributed by atoms with Gasteiger partial charge in [0.15, 0.2) is 6.10 Å². The minimum Gasteiger partial charge on any atom is -0.479 e. The van der Waals surface area contributed by atoms with Crippen molar-refractivity contribution in [1.29, 1.82) is 0 Å². The number of morpholine rings is 1. The minimum atomic E-state index is -1.11. The highest BCUT2D eigenvalue weighted by atomic mass is 16.5. The molecule has 34 heavy (non-hydrogen) atoms. The third-order valence-electron chi connectivity index (χ3n) is 6.29. The number of amides is 2. The largest absolute Gasteiger partial charge is 0.479 e. The average Bonchev–Trinajstić information content (AvgIpc) is 3.15. The number of carbonyl (C=O) groups excluding carboxylic acids is 2. The van der Waals surface area contributed by atoms with Crippen molar-refractivity contribution in [2.75, 3.05) is 26.3 Å². The van der Waals surface area contributed by atoms with E-state index in [1.165, 1.54) is 4.90 Å². The molecule has 1 heterocycles. The van der Waals surface area contributed by atoms with E-state index in [9.17, 15) is 19.5 Å². The van der Waals surface area contributed by atoms with Gasteiger partial charge < -0.3 is 24.8 Å². The molecular weight excluding hydrogens is 436 g/mol. The SMILES string of the molecule is CC(C)C[C@H](NC(=O)OCC1c2ccccc2-c2ccccc21)C(=O)N1CCOC(C(=O)O)C1. The molecule has 2 aromatic rings. The zero-order valence-electron chi connectivity index (χ0n) is 19.4. The highest BCUT2D eigenvalue weighted by Crippen LogP contribution is 2.44. The van der Waals surface area contributed by atoms with Crippen molar-refractivity contribution >= 4 is 18.0 Å². The second-order valence-electron chi connectivity index (χ2n) is 9.13. The molecule has 1 saturated heterocycles. The van der Waals surface area contributed by atoms with E-state index >= 15 is 0 Å². The number of nitrogens with zero attached hydrogens (tertiary/aromatic N) is 1. The van der Waals surface area contributed by atoms with Gasteiger partial charge in [-0.3, -0.25) is 4.79 Å². The molecule has 2 aliphatic rings. The fourth-order valence-electron chi connectivity index (χ4n) is 4.69. The molecular formula is C26H30N2O6. The molecule has 8 nitrogen and oxygen atoms in total. The van der Waals surface area contributed by atoms with E-state index < -0.39 is 24.2 Å². The molecule has 1 fully saturated rings. The van der Waals surface area contributed by atoms with Gasteiger partial charge in [-0.25, -0.2) is 9.59 Å². The first-order valence-corrected chi connectivity index (χ1v) is 11.6. The number of nitrogens with one attached hydrogen (secondary N) is 1. The first-order chi connectivity index (χ1) is 16.3. The highest BCUT2D eigenvalue weighted by molar-refractivity contribution is 5.86. The summed E-state index contributed by atoms with van der Waals surface area (Å²) in [6, 6.07) is 15.4. The number of fused-ring (bicyclic) bond motifs is 3. The Balaban J connectivity index is 1.42. The minimum absolute atomic E-state index is 0.0465. The predicted octanol–water partition coefficient (Wildman–Crippen LogP) is 3.25. The molecule has 2 N–H and O–H groups in total. The zero-order chi connectivity index (χ0) is 24.2. The molecule has 2 aromatic carbocycles. The fourth-order valence-corrected chi connectivity index (χ4v) is 4.69. The lowest BCUT2D eigenvalue weighted by molar-refractivity contribution is -0.160. The summed E-state index contributed by atoms with van der Waals surface area (Å²) in [4.78, 5) is 38.6. The summed E-state index contributed by atoms with van der Waals surface area (Å²) in [5.41, 5.74) is 4.50. The van der Waals surface area contributed by atoms with Gasteiger partial charge in [0.1, 0.15) is 12.6 Å².